The zero-order valence-electron chi connectivity index (χ0n) is 13.2. The Hall–Kier alpha value is -2.63. The minimum absolute atomic E-state index is 0.182. The fourth-order valence-corrected chi connectivity index (χ4v) is 3.02. The highest BCUT2D eigenvalue weighted by Crippen LogP contribution is 2.45. The van der Waals surface area contributed by atoms with Gasteiger partial charge in [-0.25, -0.2) is 4.68 Å². The second kappa shape index (κ2) is 5.47. The molecule has 2 aliphatic carbocycles. The normalized spacial score (nSPS) is 18.2. The lowest BCUT2D eigenvalue weighted by atomic mass is 10.1. The first-order valence-electron chi connectivity index (χ1n) is 8.26. The number of hydrogen-bond donors (Lipinski definition) is 2. The SMILES string of the molecule is O=C(NCC1(C(=O)O)CC1)c1cnn(-c2ccccc2)c1C1CC1. The first kappa shape index (κ1) is 14.9. The van der Waals surface area contributed by atoms with Gasteiger partial charge in [0.05, 0.1) is 28.6 Å². The van der Waals surface area contributed by atoms with Crippen LogP contribution in [0.3, 0.4) is 0 Å². The molecule has 2 aliphatic rings. The number of para-hydroxylation sites is 1. The number of rotatable bonds is 6. The maximum Gasteiger partial charge on any atom is 0.311 e. The van der Waals surface area contributed by atoms with Crippen LogP contribution in [-0.2, 0) is 4.79 Å². The number of nitrogens with one attached hydrogen (secondary N) is 1. The Balaban J connectivity index is 1.58. The largest absolute Gasteiger partial charge is 0.481 e. The monoisotopic (exact) mass is 325 g/mol. The molecule has 1 heterocycles. The molecular formula is C18H19N3O3. The molecule has 124 valence electrons. The molecule has 1 aromatic carbocycles. The molecule has 6 heteroatoms. The number of carboxylic acid groups (broad SMARTS) is 1. The van der Waals surface area contributed by atoms with Gasteiger partial charge in [0.15, 0.2) is 0 Å². The molecule has 24 heavy (non-hydrogen) atoms. The summed E-state index contributed by atoms with van der Waals surface area (Å²) in [6.07, 6.45) is 4.95. The molecule has 0 aliphatic heterocycles. The van der Waals surface area contributed by atoms with Crippen molar-refractivity contribution in [2.75, 3.05) is 6.54 Å². The molecule has 2 aromatic rings. The topological polar surface area (TPSA) is 84.2 Å². The highest BCUT2D eigenvalue weighted by molar-refractivity contribution is 5.96. The van der Waals surface area contributed by atoms with Gasteiger partial charge in [-0.15, -0.1) is 0 Å². The van der Waals surface area contributed by atoms with Crippen LogP contribution in [0.4, 0.5) is 0 Å². The lowest BCUT2D eigenvalue weighted by Gasteiger charge is -2.12. The van der Waals surface area contributed by atoms with Gasteiger partial charge in [-0.2, -0.15) is 5.10 Å². The van der Waals surface area contributed by atoms with Crippen molar-refractivity contribution in [2.24, 2.45) is 5.41 Å². The number of amides is 1. The molecule has 0 radical (unpaired) electrons. The van der Waals surface area contributed by atoms with Crippen molar-refractivity contribution in [1.82, 2.24) is 15.1 Å². The van der Waals surface area contributed by atoms with Gasteiger partial charge in [-0.1, -0.05) is 18.2 Å². The standard InChI is InChI=1S/C18H19N3O3/c22-16(19-11-18(8-9-18)17(23)24)14-10-20-21(15(14)12-6-7-12)13-4-2-1-3-5-13/h1-5,10,12H,6-9,11H2,(H,19,22)(H,23,24). The Labute approximate surface area is 139 Å². The number of hydrogen-bond acceptors (Lipinski definition) is 3. The molecular weight excluding hydrogens is 306 g/mol. The van der Waals surface area contributed by atoms with E-state index in [9.17, 15) is 14.7 Å². The van der Waals surface area contributed by atoms with E-state index in [-0.39, 0.29) is 12.5 Å². The molecule has 0 bridgehead atoms. The average molecular weight is 325 g/mol. The summed E-state index contributed by atoms with van der Waals surface area (Å²) in [5.74, 6) is -0.709. The highest BCUT2D eigenvalue weighted by Gasteiger charge is 2.50. The molecule has 2 saturated carbocycles. The number of carbonyl (C=O) groups is 2. The highest BCUT2D eigenvalue weighted by atomic mass is 16.4. The Bertz CT molecular complexity index is 789. The molecule has 2 fully saturated rings. The average Bonchev–Trinajstić information content (AvgIpc) is 3.52. The molecule has 4 rings (SSSR count). The summed E-state index contributed by atoms with van der Waals surface area (Å²) in [5, 5.41) is 16.4. The zero-order valence-corrected chi connectivity index (χ0v) is 13.2. The molecule has 2 N–H and O–H groups in total. The maximum absolute atomic E-state index is 12.6. The number of aliphatic carboxylic acids is 1. The molecule has 0 unspecified atom stereocenters. The van der Waals surface area contributed by atoms with Gasteiger partial charge in [0, 0.05) is 12.5 Å². The number of carboxylic acids is 1. The maximum atomic E-state index is 12.6. The minimum Gasteiger partial charge on any atom is -0.481 e. The summed E-state index contributed by atoms with van der Waals surface area (Å²) in [5.41, 5.74) is 1.66. The van der Waals surface area contributed by atoms with E-state index >= 15 is 0 Å². The van der Waals surface area contributed by atoms with Crippen molar-refractivity contribution in [1.29, 1.82) is 0 Å². The first-order chi connectivity index (χ1) is 11.6. The van der Waals surface area contributed by atoms with Crippen LogP contribution in [-0.4, -0.2) is 33.3 Å². The second-order valence-corrected chi connectivity index (χ2v) is 6.73. The smallest absolute Gasteiger partial charge is 0.311 e. The summed E-state index contributed by atoms with van der Waals surface area (Å²) < 4.78 is 1.83. The number of nitrogens with zero attached hydrogens (tertiary/aromatic N) is 2. The van der Waals surface area contributed by atoms with Crippen LogP contribution in [0.15, 0.2) is 36.5 Å². The summed E-state index contributed by atoms with van der Waals surface area (Å²) in [7, 11) is 0. The van der Waals surface area contributed by atoms with Crippen LogP contribution in [0.25, 0.3) is 5.69 Å². The van der Waals surface area contributed by atoms with Crippen LogP contribution in [0.5, 0.6) is 0 Å². The van der Waals surface area contributed by atoms with Crippen molar-refractivity contribution < 1.29 is 14.7 Å². The third-order valence-electron chi connectivity index (χ3n) is 4.91. The fourth-order valence-electron chi connectivity index (χ4n) is 3.02. The summed E-state index contributed by atoms with van der Waals surface area (Å²) in [6.45, 7) is 0.182. The molecule has 0 atom stereocenters. The van der Waals surface area contributed by atoms with E-state index in [0.29, 0.717) is 24.3 Å². The van der Waals surface area contributed by atoms with Crippen LogP contribution < -0.4 is 5.32 Å². The molecule has 0 spiro atoms. The van der Waals surface area contributed by atoms with E-state index in [1.54, 1.807) is 6.20 Å². The third-order valence-corrected chi connectivity index (χ3v) is 4.91. The number of carbonyl (C=O) groups excluding carboxylic acids is 1. The van der Waals surface area contributed by atoms with Crippen molar-refractivity contribution in [3.63, 3.8) is 0 Å². The molecule has 1 amide bonds. The van der Waals surface area contributed by atoms with Crippen LogP contribution in [0.1, 0.15) is 47.7 Å². The van der Waals surface area contributed by atoms with Gasteiger partial charge >= 0.3 is 5.97 Å². The molecule has 1 aromatic heterocycles. The summed E-state index contributed by atoms with van der Waals surface area (Å²) in [6, 6.07) is 9.75. The van der Waals surface area contributed by atoms with E-state index < -0.39 is 11.4 Å². The van der Waals surface area contributed by atoms with Crippen molar-refractivity contribution in [2.45, 2.75) is 31.6 Å². The zero-order chi connectivity index (χ0) is 16.7. The lowest BCUT2D eigenvalue weighted by Crippen LogP contribution is -2.34. The van der Waals surface area contributed by atoms with Crippen LogP contribution in [0, 0.1) is 5.41 Å². The van der Waals surface area contributed by atoms with Crippen molar-refractivity contribution >= 4 is 11.9 Å². The quantitative estimate of drug-likeness (QED) is 0.854. The van der Waals surface area contributed by atoms with Crippen LogP contribution in [0.2, 0.25) is 0 Å². The number of benzene rings is 1. The molecule has 6 nitrogen and oxygen atoms in total. The summed E-state index contributed by atoms with van der Waals surface area (Å²) >= 11 is 0. The van der Waals surface area contributed by atoms with Gasteiger partial charge in [-0.05, 0) is 37.8 Å². The second-order valence-electron chi connectivity index (χ2n) is 6.73. The summed E-state index contributed by atoms with van der Waals surface area (Å²) in [4.78, 5) is 23.8. The van der Waals surface area contributed by atoms with Crippen molar-refractivity contribution in [3.8, 4) is 5.69 Å². The Kier molecular flexibility index (Phi) is 3.40. The van der Waals surface area contributed by atoms with E-state index in [1.165, 1.54) is 0 Å². The predicted molar refractivity (Wildman–Crippen MR) is 87.2 cm³/mol. The predicted octanol–water partition coefficient (Wildman–Crippen LogP) is 2.34. The van der Waals surface area contributed by atoms with E-state index in [0.717, 1.165) is 24.2 Å². The van der Waals surface area contributed by atoms with Gasteiger partial charge in [-0.3, -0.25) is 9.59 Å². The van der Waals surface area contributed by atoms with Gasteiger partial charge in [0.25, 0.3) is 5.91 Å². The van der Waals surface area contributed by atoms with Crippen molar-refractivity contribution in [3.05, 3.63) is 47.8 Å². The Morgan fingerprint density at radius 2 is 1.96 bits per heavy atom. The van der Waals surface area contributed by atoms with Crippen LogP contribution >= 0.6 is 0 Å². The third kappa shape index (κ3) is 2.58. The molecule has 0 saturated heterocycles. The van der Waals surface area contributed by atoms with Gasteiger partial charge in [0.2, 0.25) is 0 Å². The van der Waals surface area contributed by atoms with Gasteiger partial charge in [0.1, 0.15) is 0 Å². The Morgan fingerprint density at radius 3 is 2.54 bits per heavy atom. The lowest BCUT2D eigenvalue weighted by molar-refractivity contribution is -0.143. The minimum atomic E-state index is -0.829. The Morgan fingerprint density at radius 1 is 1.25 bits per heavy atom. The fraction of sp³-hybridized carbons (Fsp3) is 0.389. The number of aromatic nitrogens is 2. The van der Waals surface area contributed by atoms with E-state index in [4.69, 9.17) is 0 Å². The van der Waals surface area contributed by atoms with E-state index in [1.807, 2.05) is 35.0 Å². The van der Waals surface area contributed by atoms with E-state index in [2.05, 4.69) is 10.4 Å². The first-order valence-corrected chi connectivity index (χ1v) is 8.26. The van der Waals surface area contributed by atoms with Gasteiger partial charge < -0.3 is 10.4 Å².